The van der Waals surface area contributed by atoms with Gasteiger partial charge in [0.05, 0.1) is 39.6 Å². The van der Waals surface area contributed by atoms with Crippen molar-refractivity contribution in [3.8, 4) is 0 Å². The Morgan fingerprint density at radius 1 is 0.210 bits per heavy atom. The lowest BCUT2D eigenvalue weighted by Crippen LogP contribution is -2.37. The second kappa shape index (κ2) is 75.1. The quantitative estimate of drug-likeness (QED) is 0.0338. The van der Waals surface area contributed by atoms with Crippen LogP contribution in [0.2, 0.25) is 0 Å². The number of hydrogen-bond acceptors (Lipinski definition) is 32. The second-order valence-electron chi connectivity index (χ2n) is 31.5. The van der Waals surface area contributed by atoms with Crippen LogP contribution in [0.25, 0.3) is 0 Å². The largest absolute Gasteiger partial charge is 0.462 e. The van der Waals surface area contributed by atoms with E-state index >= 15 is 0 Å². The highest BCUT2D eigenvalue weighted by molar-refractivity contribution is 5.87. The molecule has 6 fully saturated rings. The van der Waals surface area contributed by atoms with E-state index in [9.17, 15) is 76.7 Å². The summed E-state index contributed by atoms with van der Waals surface area (Å²) in [5.74, 6) is -4.69. The molecule has 0 spiro atoms. The summed E-state index contributed by atoms with van der Waals surface area (Å²) >= 11 is 0. The molecule has 752 valence electrons. The summed E-state index contributed by atoms with van der Waals surface area (Å²) in [5, 5.41) is 0. The summed E-state index contributed by atoms with van der Waals surface area (Å²) < 4.78 is 80.5. The molecule has 8 atom stereocenters. The first kappa shape index (κ1) is 122. The fourth-order valence-electron chi connectivity index (χ4n) is 14.1. The van der Waals surface area contributed by atoms with Crippen LogP contribution in [0.4, 0.5) is 0 Å². The lowest BCUT2D eigenvalue weighted by Gasteiger charge is -2.30. The minimum absolute atomic E-state index is 0.0795. The van der Waals surface area contributed by atoms with E-state index in [4.69, 9.17) is 75.8 Å². The first-order valence-corrected chi connectivity index (χ1v) is 45.3. The molecule has 8 unspecified atom stereocenters. The Kier molecular flexibility index (Phi) is 66.2. The van der Waals surface area contributed by atoms with Crippen LogP contribution < -0.4 is 0 Å². The molecule has 2 aromatic carbocycles. The van der Waals surface area contributed by atoms with E-state index in [1.165, 1.54) is 24.3 Å². The van der Waals surface area contributed by atoms with Gasteiger partial charge in [-0.05, 0) is 192 Å². The Hall–Kier alpha value is -14.2. The normalized spacial score (nSPS) is 19.8. The molecule has 0 radical (unpaired) electrons. The van der Waals surface area contributed by atoms with Crippen LogP contribution in [0.15, 0.2) is 251 Å². The third-order valence-corrected chi connectivity index (χ3v) is 21.4. The van der Waals surface area contributed by atoms with Gasteiger partial charge in [-0.3, -0.25) is 0 Å². The molecule has 8 rings (SSSR count). The third kappa shape index (κ3) is 58.8. The Morgan fingerprint density at radius 3 is 0.725 bits per heavy atom. The van der Waals surface area contributed by atoms with Crippen LogP contribution in [0.5, 0.6) is 0 Å². The Labute approximate surface area is 809 Å². The smallest absolute Gasteiger partial charge is 0.330 e. The fourth-order valence-corrected chi connectivity index (χ4v) is 14.1. The van der Waals surface area contributed by atoms with Gasteiger partial charge >= 0.3 is 95.5 Å². The average molecular weight is 1920 g/mol. The van der Waals surface area contributed by atoms with Gasteiger partial charge in [0.2, 0.25) is 0 Å². The summed E-state index contributed by atoms with van der Waals surface area (Å²) in [5.41, 5.74) is 3.34. The lowest BCUT2D eigenvalue weighted by atomic mass is 9.80. The van der Waals surface area contributed by atoms with Crippen molar-refractivity contribution in [2.75, 3.05) is 39.6 Å². The molecular weight excluding hydrogens is 1790 g/mol. The van der Waals surface area contributed by atoms with Crippen LogP contribution in [0.3, 0.4) is 0 Å². The molecule has 0 saturated heterocycles. The summed E-state index contributed by atoms with van der Waals surface area (Å²) in [4.78, 5) is 175. The van der Waals surface area contributed by atoms with Crippen LogP contribution in [-0.2, 0) is 179 Å². The molecule has 6 aliphatic carbocycles. The maximum atomic E-state index is 11.1. The van der Waals surface area contributed by atoms with Crippen molar-refractivity contribution < 1.29 is 153 Å². The van der Waals surface area contributed by atoms with Crippen molar-refractivity contribution in [2.24, 2.45) is 35.5 Å². The van der Waals surface area contributed by atoms with Crippen LogP contribution >= 0.6 is 0 Å². The van der Waals surface area contributed by atoms with Crippen molar-refractivity contribution >= 4 is 95.5 Å². The summed E-state index contributed by atoms with van der Waals surface area (Å²) in [6, 6.07) is 14.4. The van der Waals surface area contributed by atoms with Crippen molar-refractivity contribution in [2.45, 2.75) is 217 Å². The molecule has 2 aromatic rings. The van der Waals surface area contributed by atoms with Crippen molar-refractivity contribution in [1.82, 2.24) is 0 Å². The van der Waals surface area contributed by atoms with E-state index in [-0.39, 0.29) is 98.8 Å². The topological polar surface area (TPSA) is 421 Å². The highest BCUT2D eigenvalue weighted by atomic mass is 16.6. The molecule has 32 nitrogen and oxygen atoms in total. The Balaban J connectivity index is 0.000000789. The summed E-state index contributed by atoms with van der Waals surface area (Å²) in [7, 11) is 0. The number of esters is 16. The monoisotopic (exact) mass is 1920 g/mol. The van der Waals surface area contributed by atoms with Gasteiger partial charge in [0.1, 0.15) is 63.1 Å². The fraction of sp³-hybridized carbons (Fsp3) is 0.434. The molecule has 138 heavy (non-hydrogen) atoms. The zero-order valence-electron chi connectivity index (χ0n) is 79.2. The van der Waals surface area contributed by atoms with Crippen LogP contribution in [0.1, 0.15) is 176 Å². The SMILES string of the molecule is C=CC(=O)OC1CCC(OC(=O)C=C)CC1.C=CC(=O)OC1CCCC(OC(=O)C=C)C1.C=CC(=O)OC1CCCCC1OC(=O)C=C.C=CC(=O)OCC1CCC(COC(=O)C=C)CC1.C=CC(=O)OCC1CCCC(COC(=O)C=C)C1.C=CC(=O)OCC1CCCCC1COC(=O)C=C.C=CC(=O)OCc1ccc(COC(=O)C=C)cc1.C=CC(=O)OCc1cccc(COC(=O)C=C)c1. The number of hydrogen-bond donors (Lipinski definition) is 0. The van der Waals surface area contributed by atoms with E-state index in [0.717, 1.165) is 204 Å². The number of carbonyl (C=O) groups excluding carboxylic acids is 16. The van der Waals surface area contributed by atoms with Gasteiger partial charge in [0, 0.05) is 104 Å². The van der Waals surface area contributed by atoms with E-state index in [2.05, 4.69) is 105 Å². The van der Waals surface area contributed by atoms with Gasteiger partial charge in [0.15, 0.2) is 0 Å². The minimum Gasteiger partial charge on any atom is -0.462 e. The standard InChI is InChI=1S/C14H20O4.C14H14O4.C14H20O4.C14H14O4.C14H20O4.3C12H16O4/c2*1-3-13(15)17-9-11-5-7-12(8-6-11)10-18-14(16)4-2;2*1-3-13(15)17-9-11-6-5-7-12(8-11)10-18-14(16)4-2;1-3-13(15)17-9-11-7-5-6-8-12(11)10-18-14(16)4-2;1-3-11(13)15-9-5-7-10(8-6-9)16-12(14)4-2;1-3-11(13)15-9-6-5-7-10(8-9)16-12(14)4-2;1-3-11(13)15-9-7-5-6-8-10(9)16-12(14)4-2/h3-4,11-12H,1-2,5-10H2;3-8H,1-2,9-10H2;3-4,11-12H,1-2,5-10H2;3-8H,1-2,9-10H2;3-4,11-12H,1-2,5-10H2;3*3-4,9-10H,1-2,5-8H2. The highest BCUT2D eigenvalue weighted by Gasteiger charge is 2.33. The van der Waals surface area contributed by atoms with E-state index in [1.54, 1.807) is 36.4 Å². The van der Waals surface area contributed by atoms with Crippen molar-refractivity contribution in [1.29, 1.82) is 0 Å². The van der Waals surface area contributed by atoms with Gasteiger partial charge in [-0.1, -0.05) is 167 Å². The molecule has 0 heterocycles. The van der Waals surface area contributed by atoms with E-state index < -0.39 is 71.6 Å². The van der Waals surface area contributed by atoms with E-state index in [1.807, 2.05) is 12.1 Å². The summed E-state index contributed by atoms with van der Waals surface area (Å²) in [6.45, 7) is 56.6. The van der Waals surface area contributed by atoms with Gasteiger partial charge in [-0.25, -0.2) is 76.7 Å². The molecule has 6 saturated carbocycles. The number of carbonyl (C=O) groups is 16. The minimum atomic E-state index is -0.480. The molecule has 32 heteroatoms. The Bertz CT molecular complexity index is 4110. The van der Waals surface area contributed by atoms with Gasteiger partial charge in [-0.15, -0.1) is 0 Å². The van der Waals surface area contributed by atoms with Gasteiger partial charge < -0.3 is 75.8 Å². The Morgan fingerprint density at radius 2 is 0.442 bits per heavy atom. The second-order valence-corrected chi connectivity index (χ2v) is 31.5. The molecule has 0 N–H and O–H groups in total. The van der Waals surface area contributed by atoms with Crippen molar-refractivity contribution in [3.05, 3.63) is 273 Å². The van der Waals surface area contributed by atoms with Crippen LogP contribution in [0, 0.1) is 35.5 Å². The maximum absolute atomic E-state index is 11.1. The molecular formula is C106H136O32. The molecule has 6 aliphatic rings. The van der Waals surface area contributed by atoms with Gasteiger partial charge in [0.25, 0.3) is 0 Å². The molecule has 0 aliphatic heterocycles. The zero-order chi connectivity index (χ0) is 103. The maximum Gasteiger partial charge on any atom is 0.330 e. The molecule has 0 bridgehead atoms. The van der Waals surface area contributed by atoms with E-state index in [0.29, 0.717) is 108 Å². The van der Waals surface area contributed by atoms with Gasteiger partial charge in [-0.2, -0.15) is 0 Å². The van der Waals surface area contributed by atoms with Crippen molar-refractivity contribution in [3.63, 3.8) is 0 Å². The first-order chi connectivity index (χ1) is 66.2. The predicted octanol–water partition coefficient (Wildman–Crippen LogP) is 16.3. The average Bonchev–Trinajstić information content (AvgIpc) is 0.862. The third-order valence-electron chi connectivity index (χ3n) is 21.4. The molecule has 0 amide bonds. The summed E-state index contributed by atoms with van der Waals surface area (Å²) in [6.07, 6.45) is 38.7. The molecule has 0 aromatic heterocycles. The number of ether oxygens (including phenoxy) is 16. The zero-order valence-corrected chi connectivity index (χ0v) is 79.2. The number of rotatable bonds is 42. The van der Waals surface area contributed by atoms with Crippen LogP contribution in [-0.4, -0.2) is 172 Å². The first-order valence-electron chi connectivity index (χ1n) is 45.3. The predicted molar refractivity (Wildman–Crippen MR) is 512 cm³/mol. The lowest BCUT2D eigenvalue weighted by molar-refractivity contribution is -0.165. The highest BCUT2D eigenvalue weighted by Crippen LogP contribution is 2.34. The number of benzene rings is 2.